The van der Waals surface area contributed by atoms with Crippen LogP contribution in [0.15, 0.2) is 104 Å². The molecule has 714 valence electrons. The maximum absolute atomic E-state index is 15.9. The van der Waals surface area contributed by atoms with Gasteiger partial charge in [0.05, 0.1) is 49.7 Å². The third-order valence-corrected chi connectivity index (χ3v) is 26.2. The van der Waals surface area contributed by atoms with Crippen molar-refractivity contribution >= 4 is 139 Å². The number of nitrogens with two attached hydrogens (primary N) is 2. The van der Waals surface area contributed by atoms with Crippen LogP contribution in [0.4, 0.5) is 0 Å². The highest BCUT2D eigenvalue weighted by molar-refractivity contribution is 8.00. The van der Waals surface area contributed by atoms with Gasteiger partial charge in [-0.25, -0.2) is 4.98 Å². The minimum atomic E-state index is -1.68. The predicted molar refractivity (Wildman–Crippen MR) is 494 cm³/mol. The maximum atomic E-state index is 15.9. The standard InChI is InChI=1S/C95H130N18O18S/c1-10-12-31-75-80(116)44-59-26-21-22-36-99-84(120)35-34-60(89(125)107-72(42-64-49-101-69-30-20-18-28-67(64)69)93(129)112(9)77(32-13-11-2)95(131)111(75)8)43-79(115)70(41-63-48-100-68-29-19-17-27-66(63)68)104-85(121)52-109(6)91(127)62(38-56(3)4)46-78(114)61(40-65-50-98-55-103-65)45-81(117)76-33-23-37-113(76)94(130)73(47-82(96)118)106-87(123)57(5)110(7)92(128)71(39-58-24-15-14-16-25-58)105-86(122)54-132-53-74(108-88(59)124)90(126)102-51-83(97)119/h14-20,24-25,27-30,48-50,55-57,59-62,70-77,100-101H,10-13,21-23,26,31-47,51-54H2,1-9H3,(H2,96,118)(H2,97,119)(H,98,103)(H,99,120)(H,102,126)(H,104,121)(H,105,122)(H,106,123)(H,107,125)(H,108,124)/t57-,59+,60+,61+,62+,70-,71-,72-,73-,74-,75-,76-,77-/m0/s1. The molecule has 36 nitrogen and oxygen atoms in total. The molecule has 6 heterocycles. The van der Waals surface area contributed by atoms with Crippen LogP contribution in [0.2, 0.25) is 0 Å². The van der Waals surface area contributed by atoms with Crippen LogP contribution >= 0.6 is 11.8 Å². The SMILES string of the molecule is CCCC[C@H]1C(=O)N(C)[C@@H](CCCC)C(=O)C[C@H]2CCCCNC(=O)CC[C@H](CC(=O)[C@H](Cc3c[nH]c4ccccc34)NC(=O)CN(C)C(=O)[C@H](CC(C)C)CC(=O)[C@H](Cc3cnc[nH]3)CC(=O)[C@@H]3CCCN3C(=O)[C@H](CC(N)=O)NC(=O)[C@H](C)N(C)C(=O)[C@H](Cc3ccccc3)NC(=O)CSC[C@@H](C(=O)NCC(N)=O)NC2=O)C(=O)N[C@@H](Cc2c[nH]c3ccccc23)C(=O)N1C. The lowest BCUT2D eigenvalue weighted by atomic mass is 9.83. The number of primary amides is 2. The Hall–Kier alpha value is -12.4. The van der Waals surface area contributed by atoms with Gasteiger partial charge in [-0.15, -0.1) is 11.8 Å². The van der Waals surface area contributed by atoms with E-state index in [1.807, 2.05) is 64.1 Å². The number of carbonyl (C=O) groups is 18. The Morgan fingerprint density at radius 1 is 0.538 bits per heavy atom. The number of hydrogen-bond donors (Lipinski definition) is 12. The van der Waals surface area contributed by atoms with Crippen LogP contribution in [-0.2, 0) is 112 Å². The van der Waals surface area contributed by atoms with Gasteiger partial charge in [0, 0.05) is 168 Å². The van der Waals surface area contributed by atoms with Gasteiger partial charge in [0.2, 0.25) is 82.7 Å². The molecule has 3 aliphatic heterocycles. The number of H-pyrrole nitrogens is 3. The van der Waals surface area contributed by atoms with Gasteiger partial charge < -0.3 is 88.1 Å². The molecule has 0 radical (unpaired) electrons. The van der Waals surface area contributed by atoms with E-state index in [0.29, 0.717) is 69.9 Å². The normalized spacial score (nSPS) is 24.6. The molecule has 3 aliphatic rings. The smallest absolute Gasteiger partial charge is 0.246 e. The van der Waals surface area contributed by atoms with E-state index in [9.17, 15) is 47.9 Å². The molecule has 132 heavy (non-hydrogen) atoms. The van der Waals surface area contributed by atoms with Crippen molar-refractivity contribution in [2.24, 2.45) is 41.1 Å². The summed E-state index contributed by atoms with van der Waals surface area (Å²) in [6, 6.07) is 10.5. The van der Waals surface area contributed by atoms with Gasteiger partial charge in [-0.05, 0) is 99.5 Å². The quantitative estimate of drug-likeness (QED) is 0.0483. The van der Waals surface area contributed by atoms with Gasteiger partial charge >= 0.3 is 0 Å². The van der Waals surface area contributed by atoms with E-state index in [2.05, 4.69) is 57.2 Å². The summed E-state index contributed by atoms with van der Waals surface area (Å²) in [6.45, 7) is 7.45. The van der Waals surface area contributed by atoms with Crippen LogP contribution in [-0.4, -0.2) is 271 Å². The predicted octanol–water partition coefficient (Wildman–Crippen LogP) is 4.05. The molecule has 6 aromatic rings. The van der Waals surface area contributed by atoms with Gasteiger partial charge in [-0.2, -0.15) is 0 Å². The highest BCUT2D eigenvalue weighted by atomic mass is 32.2. The number of ketones is 4. The van der Waals surface area contributed by atoms with Crippen molar-refractivity contribution in [3.05, 3.63) is 126 Å². The zero-order chi connectivity index (χ0) is 96.0. The van der Waals surface area contributed by atoms with Crippen LogP contribution < -0.4 is 48.7 Å². The summed E-state index contributed by atoms with van der Waals surface area (Å²) in [5, 5.41) is 20.6. The number of imidazole rings is 1. The average Bonchev–Trinajstić information content (AvgIpc) is 1.12. The van der Waals surface area contributed by atoms with Crippen molar-refractivity contribution in [2.45, 2.75) is 237 Å². The number of nitrogens with one attached hydrogen (secondary N) is 10. The third-order valence-electron chi connectivity index (χ3n) is 25.1. The summed E-state index contributed by atoms with van der Waals surface area (Å²) < 4.78 is 0. The number of likely N-dealkylation sites (N-methyl/N-ethyl adjacent to an activating group) is 4. The van der Waals surface area contributed by atoms with Crippen molar-refractivity contribution in [3.8, 4) is 0 Å². The van der Waals surface area contributed by atoms with Gasteiger partial charge in [0.15, 0.2) is 17.3 Å². The lowest BCUT2D eigenvalue weighted by Crippen LogP contribution is -2.58. The first kappa shape index (κ1) is 103. The Kier molecular flexibility index (Phi) is 39.3. The number of fused-ring (bicyclic) bond motifs is 12. The molecule has 14 N–H and O–H groups in total. The lowest BCUT2D eigenvalue weighted by molar-refractivity contribution is -0.149. The Morgan fingerprint density at radius 3 is 1.76 bits per heavy atom. The second-order valence-electron chi connectivity index (χ2n) is 35.6. The number of thioether (sulfide) groups is 1. The molecule has 37 heteroatoms. The minimum absolute atomic E-state index is 0.0166. The number of rotatable bonds is 21. The number of benzene rings is 3. The number of nitrogens with zero attached hydrogens (tertiary/aromatic N) is 6. The number of para-hydroxylation sites is 2. The van der Waals surface area contributed by atoms with Crippen molar-refractivity contribution < 1.29 is 86.3 Å². The number of unbranched alkanes of at least 4 members (excludes halogenated alkanes) is 2. The molecule has 13 atom stereocenters. The van der Waals surface area contributed by atoms with E-state index in [-0.39, 0.29) is 115 Å². The Morgan fingerprint density at radius 2 is 1.12 bits per heavy atom. The molecule has 3 saturated heterocycles. The summed E-state index contributed by atoms with van der Waals surface area (Å²) in [6.07, 6.45) is 5.24. The molecule has 0 saturated carbocycles. The molecule has 9 rings (SSSR count). The van der Waals surface area contributed by atoms with E-state index in [1.54, 1.807) is 54.9 Å². The first-order valence-electron chi connectivity index (χ1n) is 45.8. The summed E-state index contributed by atoms with van der Waals surface area (Å²) >= 11 is 0.841. The molecule has 14 amide bonds. The average molecular weight is 1840 g/mol. The molecule has 3 fully saturated rings. The van der Waals surface area contributed by atoms with Gasteiger partial charge in [0.25, 0.3) is 0 Å². The molecule has 3 aromatic carbocycles. The first-order chi connectivity index (χ1) is 63.0. The largest absolute Gasteiger partial charge is 0.370 e. The van der Waals surface area contributed by atoms with Gasteiger partial charge in [-0.3, -0.25) is 86.3 Å². The third kappa shape index (κ3) is 29.5. The number of Topliss-reactive ketones (excluding diaryl/α,β-unsaturated/α-hetero) is 4. The topological polar surface area (TPSA) is 520 Å². The number of aromatic amines is 3. The zero-order valence-corrected chi connectivity index (χ0v) is 77.8. The van der Waals surface area contributed by atoms with E-state index in [4.69, 9.17) is 11.5 Å². The van der Waals surface area contributed by atoms with Gasteiger partial charge in [-0.1, -0.05) is 127 Å². The first-order valence-corrected chi connectivity index (χ1v) is 47.0. The fourth-order valence-electron chi connectivity index (χ4n) is 17.6. The van der Waals surface area contributed by atoms with Crippen molar-refractivity contribution in [1.82, 2.24) is 81.7 Å². The monoisotopic (exact) mass is 1840 g/mol. The Balaban J connectivity index is 1.13. The molecule has 0 spiro atoms. The molecule has 0 unspecified atom stereocenters. The fourth-order valence-corrected chi connectivity index (χ4v) is 18.5. The van der Waals surface area contributed by atoms with Crippen LogP contribution in [0, 0.1) is 29.6 Å². The van der Waals surface area contributed by atoms with Crippen LogP contribution in [0.1, 0.15) is 179 Å². The summed E-state index contributed by atoms with van der Waals surface area (Å²) in [5.74, 6) is -19.5. The fraction of sp³-hybridized carbons (Fsp3) is 0.547. The Labute approximate surface area is 773 Å². The highest BCUT2D eigenvalue weighted by Crippen LogP contribution is 2.31. The van der Waals surface area contributed by atoms with Crippen LogP contribution in [0.5, 0.6) is 0 Å². The summed E-state index contributed by atoms with van der Waals surface area (Å²) in [7, 11) is 5.54. The van der Waals surface area contributed by atoms with Crippen molar-refractivity contribution in [3.63, 3.8) is 0 Å². The van der Waals surface area contributed by atoms with Gasteiger partial charge in [0.1, 0.15) is 42.0 Å². The molecule has 0 aliphatic carbocycles. The summed E-state index contributed by atoms with van der Waals surface area (Å²) in [4.78, 5) is 286. The second-order valence-corrected chi connectivity index (χ2v) is 36.6. The van der Waals surface area contributed by atoms with E-state index in [0.717, 1.165) is 21.6 Å². The minimum Gasteiger partial charge on any atom is -0.370 e. The highest BCUT2D eigenvalue weighted by Gasteiger charge is 2.44. The number of hydrogen-bond acceptors (Lipinski definition) is 20. The number of aromatic nitrogens is 4. The molecular weight excluding hydrogens is 1710 g/mol. The summed E-state index contributed by atoms with van der Waals surface area (Å²) in [5.41, 5.74) is 14.9. The number of amides is 14. The Bertz CT molecular complexity index is 5080. The molecular formula is C95H130N18O18S. The molecule has 3 aromatic heterocycles. The second kappa shape index (κ2) is 50.3. The van der Waals surface area contributed by atoms with Crippen LogP contribution in [0.25, 0.3) is 21.8 Å². The molecule has 2 bridgehead atoms. The van der Waals surface area contributed by atoms with E-state index >= 15 is 38.4 Å². The maximum Gasteiger partial charge on any atom is 0.246 e. The number of carbonyl (C=O) groups excluding carboxylic acids is 18. The van der Waals surface area contributed by atoms with Crippen molar-refractivity contribution in [2.75, 3.05) is 65.9 Å². The zero-order valence-electron chi connectivity index (χ0n) is 77.0. The van der Waals surface area contributed by atoms with E-state index < -0.39 is 235 Å². The van der Waals surface area contributed by atoms with Crippen molar-refractivity contribution in [1.29, 1.82) is 0 Å². The lowest BCUT2D eigenvalue weighted by Gasteiger charge is -2.36. The van der Waals surface area contributed by atoms with E-state index in [1.165, 1.54) is 62.3 Å². The van der Waals surface area contributed by atoms with Crippen LogP contribution in [0.3, 0.4) is 0 Å².